The van der Waals surface area contributed by atoms with Gasteiger partial charge in [-0.05, 0) is 60.3 Å². The van der Waals surface area contributed by atoms with Crippen molar-refractivity contribution in [1.82, 2.24) is 0 Å². The summed E-state index contributed by atoms with van der Waals surface area (Å²) in [7, 11) is 0. The van der Waals surface area contributed by atoms with Crippen LogP contribution >= 0.6 is 22.6 Å². The van der Waals surface area contributed by atoms with E-state index in [1.165, 1.54) is 19.3 Å². The number of amides is 1. The molecule has 3 unspecified atom stereocenters. The van der Waals surface area contributed by atoms with Gasteiger partial charge in [-0.2, -0.15) is 0 Å². The molecule has 5 heteroatoms. The Balaban J connectivity index is 1.82. The highest BCUT2D eigenvalue weighted by atomic mass is 127. The van der Waals surface area contributed by atoms with Gasteiger partial charge in [-0.3, -0.25) is 4.79 Å². The van der Waals surface area contributed by atoms with Crippen molar-refractivity contribution in [2.75, 3.05) is 10.2 Å². The van der Waals surface area contributed by atoms with Crippen LogP contribution in [-0.2, 0) is 4.79 Å². The number of piperidine rings is 1. The van der Waals surface area contributed by atoms with Gasteiger partial charge in [-0.15, -0.1) is 0 Å². The molecule has 3 nitrogen and oxygen atoms in total. The normalized spacial score (nSPS) is 31.0. The highest BCUT2D eigenvalue weighted by Gasteiger charge is 2.44. The fourth-order valence-corrected chi connectivity index (χ4v) is 4.77. The van der Waals surface area contributed by atoms with Crippen molar-refractivity contribution in [1.29, 1.82) is 0 Å². The number of nitrogens with zero attached hydrogens (tertiary/aromatic N) is 1. The molecule has 3 atom stereocenters. The lowest BCUT2D eigenvalue weighted by atomic mass is 9.75. The number of anilines is 2. The molecular weight excluding hydrogens is 382 g/mol. The summed E-state index contributed by atoms with van der Waals surface area (Å²) in [5.74, 6) is 0.548. The molecule has 0 aromatic heterocycles. The van der Waals surface area contributed by atoms with Crippen molar-refractivity contribution in [3.63, 3.8) is 0 Å². The second-order valence-corrected chi connectivity index (χ2v) is 7.55. The highest BCUT2D eigenvalue weighted by molar-refractivity contribution is 14.1. The fraction of sp³-hybridized carbons (Fsp3) is 0.562. The topological polar surface area (TPSA) is 32.3 Å². The number of halogens is 2. The van der Waals surface area contributed by atoms with Gasteiger partial charge in [0.05, 0.1) is 14.9 Å². The lowest BCUT2D eigenvalue weighted by Crippen LogP contribution is -2.58. The van der Waals surface area contributed by atoms with Crippen LogP contribution in [0.25, 0.3) is 0 Å². The molecule has 1 N–H and O–H groups in total. The maximum Gasteiger partial charge on any atom is 0.247 e. The first kappa shape index (κ1) is 13.8. The van der Waals surface area contributed by atoms with Gasteiger partial charge in [0.2, 0.25) is 5.91 Å². The van der Waals surface area contributed by atoms with Crippen LogP contribution in [0.2, 0.25) is 0 Å². The average Bonchev–Trinajstić information content (AvgIpc) is 2.49. The van der Waals surface area contributed by atoms with Crippen molar-refractivity contribution in [2.24, 2.45) is 5.92 Å². The molecule has 1 aliphatic carbocycles. The van der Waals surface area contributed by atoms with E-state index in [4.69, 9.17) is 0 Å². The molecule has 112 valence electrons. The minimum atomic E-state index is -0.192. The number of fused-ring (bicyclic) bond motifs is 5. The van der Waals surface area contributed by atoms with E-state index < -0.39 is 0 Å². The smallest absolute Gasteiger partial charge is 0.247 e. The number of carbonyl (C=O) groups is 1. The Labute approximate surface area is 137 Å². The molecule has 2 heterocycles. The summed E-state index contributed by atoms with van der Waals surface area (Å²) in [6.45, 7) is 0. The number of rotatable bonds is 0. The van der Waals surface area contributed by atoms with Crippen LogP contribution in [-0.4, -0.2) is 18.0 Å². The van der Waals surface area contributed by atoms with Crippen LogP contribution < -0.4 is 10.2 Å². The van der Waals surface area contributed by atoms with Crippen LogP contribution in [0.1, 0.15) is 38.5 Å². The van der Waals surface area contributed by atoms with Gasteiger partial charge in [0, 0.05) is 12.1 Å². The average molecular weight is 400 g/mol. The lowest BCUT2D eigenvalue weighted by molar-refractivity contribution is -0.118. The Hall–Kier alpha value is -0.850. The Bertz CT molecular complexity index is 606. The van der Waals surface area contributed by atoms with Crippen LogP contribution in [0.15, 0.2) is 12.1 Å². The minimum absolute atomic E-state index is 0.0777. The Morgan fingerprint density at radius 3 is 2.86 bits per heavy atom. The number of benzene rings is 1. The van der Waals surface area contributed by atoms with Gasteiger partial charge in [-0.1, -0.05) is 12.8 Å². The molecule has 2 fully saturated rings. The van der Waals surface area contributed by atoms with Crippen LogP contribution in [0.3, 0.4) is 0 Å². The van der Waals surface area contributed by atoms with Crippen LogP contribution in [0, 0.1) is 15.3 Å². The van der Waals surface area contributed by atoms with E-state index in [2.05, 4.69) is 10.2 Å². The number of carbonyl (C=O) groups excluding carboxylic acids is 1. The minimum Gasteiger partial charge on any atom is -0.354 e. The monoisotopic (exact) mass is 400 g/mol. The first-order valence-corrected chi connectivity index (χ1v) is 8.81. The van der Waals surface area contributed by atoms with E-state index in [9.17, 15) is 9.18 Å². The first-order valence-electron chi connectivity index (χ1n) is 7.73. The Morgan fingerprint density at radius 2 is 2.00 bits per heavy atom. The SMILES string of the molecule is O=C1Nc2cc(I)c(F)cc2N2C1CCC1CCCCC12. The molecule has 1 saturated heterocycles. The van der Waals surface area contributed by atoms with E-state index in [1.807, 2.05) is 22.6 Å². The second kappa shape index (κ2) is 5.11. The summed E-state index contributed by atoms with van der Waals surface area (Å²) in [6.07, 6.45) is 6.90. The largest absolute Gasteiger partial charge is 0.354 e. The molecule has 4 rings (SSSR count). The summed E-state index contributed by atoms with van der Waals surface area (Å²) in [6, 6.07) is 3.66. The quantitative estimate of drug-likeness (QED) is 0.670. The Kier molecular flexibility index (Phi) is 3.35. The standard InChI is InChI=1S/C16H18FIN2O/c17-10-7-15-12(8-11(10)18)19-16(21)14-6-5-9-3-1-2-4-13(9)20(14)15/h7-9,13-14H,1-6H2,(H,19,21). The van der Waals surface area contributed by atoms with Crippen molar-refractivity contribution in [2.45, 2.75) is 50.6 Å². The van der Waals surface area contributed by atoms with E-state index >= 15 is 0 Å². The molecule has 1 aromatic rings. The molecule has 3 aliphatic rings. The summed E-state index contributed by atoms with van der Waals surface area (Å²) < 4.78 is 14.6. The van der Waals surface area contributed by atoms with E-state index in [1.54, 1.807) is 12.1 Å². The molecule has 0 spiro atoms. The molecule has 1 aromatic carbocycles. The van der Waals surface area contributed by atoms with Crippen LogP contribution in [0.5, 0.6) is 0 Å². The second-order valence-electron chi connectivity index (χ2n) is 6.39. The third kappa shape index (κ3) is 2.15. The molecule has 0 bridgehead atoms. The lowest BCUT2D eigenvalue weighted by Gasteiger charge is -2.51. The summed E-state index contributed by atoms with van der Waals surface area (Å²) >= 11 is 1.98. The van der Waals surface area contributed by atoms with E-state index in [0.717, 1.165) is 30.6 Å². The van der Waals surface area contributed by atoms with Gasteiger partial charge in [0.1, 0.15) is 11.9 Å². The summed E-state index contributed by atoms with van der Waals surface area (Å²) in [4.78, 5) is 14.6. The predicted molar refractivity (Wildman–Crippen MR) is 89.0 cm³/mol. The highest BCUT2D eigenvalue weighted by Crippen LogP contribution is 2.45. The van der Waals surface area contributed by atoms with Crippen LogP contribution in [0.4, 0.5) is 15.8 Å². The van der Waals surface area contributed by atoms with Gasteiger partial charge in [0.25, 0.3) is 0 Å². The molecule has 1 saturated carbocycles. The number of hydrogen-bond donors (Lipinski definition) is 1. The third-order valence-electron chi connectivity index (χ3n) is 5.25. The van der Waals surface area contributed by atoms with Gasteiger partial charge in [0.15, 0.2) is 0 Å². The maximum atomic E-state index is 14.0. The predicted octanol–water partition coefficient (Wildman–Crippen LogP) is 3.91. The van der Waals surface area contributed by atoms with E-state index in [0.29, 0.717) is 15.5 Å². The zero-order valence-corrected chi connectivity index (χ0v) is 13.9. The first-order chi connectivity index (χ1) is 10.1. The Morgan fingerprint density at radius 1 is 1.19 bits per heavy atom. The van der Waals surface area contributed by atoms with Crippen molar-refractivity contribution in [3.8, 4) is 0 Å². The molecule has 21 heavy (non-hydrogen) atoms. The number of hydrogen-bond acceptors (Lipinski definition) is 2. The van der Waals surface area contributed by atoms with Gasteiger partial charge >= 0.3 is 0 Å². The maximum absolute atomic E-state index is 14.0. The fourth-order valence-electron chi connectivity index (χ4n) is 4.30. The molecule has 0 radical (unpaired) electrons. The third-order valence-corrected chi connectivity index (χ3v) is 6.08. The van der Waals surface area contributed by atoms with Gasteiger partial charge in [-0.25, -0.2) is 4.39 Å². The molecule has 2 aliphatic heterocycles. The molecule has 1 amide bonds. The zero-order valence-electron chi connectivity index (χ0n) is 11.7. The summed E-state index contributed by atoms with van der Waals surface area (Å²) in [5.41, 5.74) is 1.65. The van der Waals surface area contributed by atoms with Crippen molar-refractivity contribution >= 4 is 39.9 Å². The van der Waals surface area contributed by atoms with E-state index in [-0.39, 0.29) is 17.8 Å². The van der Waals surface area contributed by atoms with Crippen molar-refractivity contribution in [3.05, 3.63) is 21.5 Å². The number of nitrogens with one attached hydrogen (secondary N) is 1. The zero-order chi connectivity index (χ0) is 14.6. The molecular formula is C16H18FIN2O. The summed E-state index contributed by atoms with van der Waals surface area (Å²) in [5, 5.41) is 2.97. The van der Waals surface area contributed by atoms with Crippen molar-refractivity contribution < 1.29 is 9.18 Å². The van der Waals surface area contributed by atoms with Gasteiger partial charge < -0.3 is 10.2 Å².